The van der Waals surface area contributed by atoms with Crippen molar-refractivity contribution in [3.63, 3.8) is 0 Å². The first kappa shape index (κ1) is 11.3. The van der Waals surface area contributed by atoms with Crippen molar-refractivity contribution < 1.29 is 0 Å². The molecule has 0 aromatic rings. The zero-order chi connectivity index (χ0) is 12.6. The summed E-state index contributed by atoms with van der Waals surface area (Å²) in [5.74, 6) is 8.10. The average Bonchev–Trinajstić information content (AvgIpc) is 2.75. The minimum atomic E-state index is 0.904. The van der Waals surface area contributed by atoms with Gasteiger partial charge in [0.25, 0.3) is 0 Å². The fourth-order valence-corrected chi connectivity index (χ4v) is 6.36. The maximum Gasteiger partial charge on any atom is -0.0141 e. The molecular formula is C18H26. The van der Waals surface area contributed by atoms with Gasteiger partial charge in [-0.2, -0.15) is 0 Å². The first-order valence-corrected chi connectivity index (χ1v) is 7.94. The van der Waals surface area contributed by atoms with Crippen LogP contribution in [0.3, 0.4) is 0 Å². The molecule has 0 nitrogen and oxygen atoms in total. The van der Waals surface area contributed by atoms with Crippen molar-refractivity contribution >= 4 is 0 Å². The Hall–Kier alpha value is -0.520. The summed E-state index contributed by atoms with van der Waals surface area (Å²) in [5, 5.41) is 0. The predicted molar refractivity (Wildman–Crippen MR) is 76.0 cm³/mol. The second-order valence-electron chi connectivity index (χ2n) is 7.70. The highest BCUT2D eigenvalue weighted by molar-refractivity contribution is 5.29. The molecule has 6 unspecified atom stereocenters. The van der Waals surface area contributed by atoms with Crippen molar-refractivity contribution in [2.75, 3.05) is 0 Å². The average molecular weight is 242 g/mol. The number of hydrogen-bond donors (Lipinski definition) is 0. The molecule has 0 N–H and O–H groups in total. The third-order valence-corrected chi connectivity index (χ3v) is 6.97. The summed E-state index contributed by atoms with van der Waals surface area (Å²) in [4.78, 5) is 0. The Morgan fingerprint density at radius 1 is 1.33 bits per heavy atom. The van der Waals surface area contributed by atoms with Gasteiger partial charge in [-0.25, -0.2) is 0 Å². The van der Waals surface area contributed by atoms with Gasteiger partial charge in [0.15, 0.2) is 0 Å². The molecule has 0 heterocycles. The van der Waals surface area contributed by atoms with Gasteiger partial charge in [0, 0.05) is 0 Å². The highest BCUT2D eigenvalue weighted by Crippen LogP contribution is 2.80. The lowest BCUT2D eigenvalue weighted by Gasteiger charge is -2.60. The van der Waals surface area contributed by atoms with Gasteiger partial charge in [-0.05, 0) is 73.5 Å². The lowest BCUT2D eigenvalue weighted by molar-refractivity contribution is -0.109. The van der Waals surface area contributed by atoms with Crippen LogP contribution in [0.5, 0.6) is 0 Å². The second kappa shape index (κ2) is 3.52. The molecule has 5 saturated carbocycles. The second-order valence-corrected chi connectivity index (χ2v) is 7.70. The van der Waals surface area contributed by atoms with Gasteiger partial charge in [-0.3, -0.25) is 0 Å². The lowest BCUT2D eigenvalue weighted by Crippen LogP contribution is -2.56. The number of allylic oxidation sites excluding steroid dienone is 3. The molecule has 0 saturated heterocycles. The molecule has 6 aliphatic carbocycles. The van der Waals surface area contributed by atoms with Crippen LogP contribution >= 0.6 is 0 Å². The Balaban J connectivity index is 1.48. The summed E-state index contributed by atoms with van der Waals surface area (Å²) in [6, 6.07) is 0. The maximum atomic E-state index is 4.24. The fourth-order valence-electron chi connectivity index (χ4n) is 6.36. The third-order valence-electron chi connectivity index (χ3n) is 6.97. The van der Waals surface area contributed by atoms with Gasteiger partial charge < -0.3 is 0 Å². The van der Waals surface area contributed by atoms with Crippen LogP contribution in [-0.2, 0) is 0 Å². The van der Waals surface area contributed by atoms with E-state index in [2.05, 4.69) is 33.4 Å². The van der Waals surface area contributed by atoms with Crippen LogP contribution in [-0.4, -0.2) is 0 Å². The molecular weight excluding hydrogens is 216 g/mol. The SMILES string of the molecule is C=C(C)C1[C@@H]2C(C)C3C(C(C)CC4=CCC4)C2[C@@H]31. The van der Waals surface area contributed by atoms with E-state index in [0.29, 0.717) is 0 Å². The highest BCUT2D eigenvalue weighted by Gasteiger charge is 2.76. The molecule has 0 radical (unpaired) electrons. The van der Waals surface area contributed by atoms with Crippen LogP contribution < -0.4 is 0 Å². The van der Waals surface area contributed by atoms with E-state index in [1.807, 2.05) is 0 Å². The largest absolute Gasteiger partial charge is 0.0998 e. The summed E-state index contributed by atoms with van der Waals surface area (Å²) in [6.07, 6.45) is 6.61. The molecule has 4 bridgehead atoms. The van der Waals surface area contributed by atoms with E-state index in [0.717, 1.165) is 47.3 Å². The molecule has 6 aliphatic rings. The Morgan fingerprint density at radius 3 is 2.50 bits per heavy atom. The van der Waals surface area contributed by atoms with Gasteiger partial charge in [-0.15, -0.1) is 0 Å². The first-order valence-electron chi connectivity index (χ1n) is 7.94. The van der Waals surface area contributed by atoms with E-state index >= 15 is 0 Å². The summed E-state index contributed by atoms with van der Waals surface area (Å²) >= 11 is 0. The molecule has 0 heteroatoms. The Bertz CT molecular complexity index is 429. The molecule has 0 amide bonds. The first-order chi connectivity index (χ1) is 8.61. The Morgan fingerprint density at radius 2 is 2.06 bits per heavy atom. The summed E-state index contributed by atoms with van der Waals surface area (Å²) in [7, 11) is 0. The molecule has 0 aromatic heterocycles. The summed E-state index contributed by atoms with van der Waals surface area (Å²) < 4.78 is 0. The molecule has 6 rings (SSSR count). The van der Waals surface area contributed by atoms with Crippen LogP contribution in [0.25, 0.3) is 0 Å². The van der Waals surface area contributed by atoms with E-state index in [1.165, 1.54) is 24.8 Å². The van der Waals surface area contributed by atoms with E-state index in [1.54, 1.807) is 5.57 Å². The standard InChI is InChI=1S/C18H26/c1-9(2)13-15-11(4)16-14(18(15)17(13)16)10(3)8-12-6-5-7-12/h6,10-11,13-18H,1,5,7-8H2,2-4H3/t10?,11?,13?,14?,15-,16?,17+,18?/m0/s1. The van der Waals surface area contributed by atoms with Gasteiger partial charge >= 0.3 is 0 Å². The predicted octanol–water partition coefficient (Wildman–Crippen LogP) is 4.68. The monoisotopic (exact) mass is 242 g/mol. The van der Waals surface area contributed by atoms with Crippen molar-refractivity contribution in [2.45, 2.75) is 40.0 Å². The Kier molecular flexibility index (Phi) is 2.22. The third kappa shape index (κ3) is 1.13. The smallest absolute Gasteiger partial charge is 0.0141 e. The quantitative estimate of drug-likeness (QED) is 0.628. The van der Waals surface area contributed by atoms with Gasteiger partial charge in [0.05, 0.1) is 0 Å². The van der Waals surface area contributed by atoms with Crippen molar-refractivity contribution in [3.8, 4) is 0 Å². The van der Waals surface area contributed by atoms with Crippen LogP contribution in [0.15, 0.2) is 23.8 Å². The number of rotatable bonds is 4. The molecule has 8 atom stereocenters. The molecule has 98 valence electrons. The van der Waals surface area contributed by atoms with Crippen molar-refractivity contribution in [3.05, 3.63) is 23.8 Å². The molecule has 18 heavy (non-hydrogen) atoms. The minimum Gasteiger partial charge on any atom is -0.0998 e. The zero-order valence-corrected chi connectivity index (χ0v) is 12.0. The van der Waals surface area contributed by atoms with Gasteiger partial charge in [-0.1, -0.05) is 37.6 Å². The van der Waals surface area contributed by atoms with Crippen LogP contribution in [0.2, 0.25) is 0 Å². The topological polar surface area (TPSA) is 0 Å². The van der Waals surface area contributed by atoms with Crippen molar-refractivity contribution in [1.29, 1.82) is 0 Å². The normalized spacial score (nSPS) is 52.8. The van der Waals surface area contributed by atoms with Gasteiger partial charge in [0.2, 0.25) is 0 Å². The van der Waals surface area contributed by atoms with Gasteiger partial charge in [0.1, 0.15) is 0 Å². The highest BCUT2D eigenvalue weighted by atomic mass is 14.8. The molecule has 5 fully saturated rings. The maximum absolute atomic E-state index is 4.24. The number of hydrogen-bond acceptors (Lipinski definition) is 0. The van der Waals surface area contributed by atoms with E-state index in [-0.39, 0.29) is 0 Å². The van der Waals surface area contributed by atoms with Crippen molar-refractivity contribution in [1.82, 2.24) is 0 Å². The van der Waals surface area contributed by atoms with E-state index in [4.69, 9.17) is 0 Å². The molecule has 0 spiro atoms. The molecule has 0 aromatic carbocycles. The van der Waals surface area contributed by atoms with Crippen LogP contribution in [0.1, 0.15) is 40.0 Å². The van der Waals surface area contributed by atoms with Crippen LogP contribution in [0.4, 0.5) is 0 Å². The fraction of sp³-hybridized carbons (Fsp3) is 0.778. The zero-order valence-electron chi connectivity index (χ0n) is 12.0. The van der Waals surface area contributed by atoms with E-state index in [9.17, 15) is 0 Å². The lowest BCUT2D eigenvalue weighted by atomic mass is 9.44. The van der Waals surface area contributed by atoms with Crippen molar-refractivity contribution in [2.24, 2.45) is 47.3 Å². The minimum absolute atomic E-state index is 0.904. The molecule has 0 aliphatic heterocycles. The van der Waals surface area contributed by atoms with Crippen LogP contribution in [0, 0.1) is 47.3 Å². The Labute approximate surface area is 112 Å². The van der Waals surface area contributed by atoms with E-state index < -0.39 is 0 Å². The summed E-state index contributed by atoms with van der Waals surface area (Å²) in [6.45, 7) is 11.6. The summed E-state index contributed by atoms with van der Waals surface area (Å²) in [5.41, 5.74) is 3.23.